The van der Waals surface area contributed by atoms with Crippen molar-refractivity contribution in [1.29, 1.82) is 0 Å². The lowest BCUT2D eigenvalue weighted by molar-refractivity contribution is 0.0968. The van der Waals surface area contributed by atoms with Gasteiger partial charge in [-0.2, -0.15) is 0 Å². The minimum absolute atomic E-state index is 0.245. The molecule has 0 saturated carbocycles. The van der Waals surface area contributed by atoms with E-state index in [-0.39, 0.29) is 6.10 Å². The summed E-state index contributed by atoms with van der Waals surface area (Å²) in [6, 6.07) is 16.3. The standard InChI is InChI=1S/C21H21BrN2O2S/c1-25-20-10-9-15(12-18(20)22)19-14-27-21(23-16-6-3-2-4-7-16)24(19)13-17-8-5-11-26-17/h2-4,6-7,9-10,12,14,17H,5,8,11,13H2,1H3/t17-/m1/s1. The SMILES string of the molecule is COc1ccc(-c2csc(=Nc3ccccc3)n2C[C@H]2CCCO2)cc1Br. The van der Waals surface area contributed by atoms with Crippen LogP contribution in [0.1, 0.15) is 12.8 Å². The van der Waals surface area contributed by atoms with Crippen LogP contribution in [0.15, 0.2) is 63.4 Å². The van der Waals surface area contributed by atoms with Gasteiger partial charge in [0, 0.05) is 17.6 Å². The fraction of sp³-hybridized carbons (Fsp3) is 0.286. The molecule has 3 aromatic rings. The van der Waals surface area contributed by atoms with Crippen LogP contribution in [0.3, 0.4) is 0 Å². The molecule has 0 N–H and O–H groups in total. The highest BCUT2D eigenvalue weighted by atomic mass is 79.9. The Labute approximate surface area is 171 Å². The topological polar surface area (TPSA) is 35.8 Å². The summed E-state index contributed by atoms with van der Waals surface area (Å²) in [5.74, 6) is 0.828. The van der Waals surface area contributed by atoms with Gasteiger partial charge in [0.2, 0.25) is 0 Å². The van der Waals surface area contributed by atoms with Crippen molar-refractivity contribution in [2.45, 2.75) is 25.5 Å². The van der Waals surface area contributed by atoms with Crippen molar-refractivity contribution >= 4 is 33.0 Å². The molecule has 6 heteroatoms. The molecule has 1 fully saturated rings. The summed E-state index contributed by atoms with van der Waals surface area (Å²) in [6.07, 6.45) is 2.47. The second kappa shape index (κ2) is 8.42. The lowest BCUT2D eigenvalue weighted by atomic mass is 10.1. The molecule has 1 aliphatic rings. The predicted molar refractivity (Wildman–Crippen MR) is 113 cm³/mol. The molecule has 4 nitrogen and oxygen atoms in total. The number of hydrogen-bond donors (Lipinski definition) is 0. The van der Waals surface area contributed by atoms with Gasteiger partial charge in [-0.25, -0.2) is 4.99 Å². The average molecular weight is 445 g/mol. The van der Waals surface area contributed by atoms with Crippen molar-refractivity contribution in [1.82, 2.24) is 4.57 Å². The molecule has 140 valence electrons. The van der Waals surface area contributed by atoms with Crippen molar-refractivity contribution < 1.29 is 9.47 Å². The van der Waals surface area contributed by atoms with E-state index in [1.165, 1.54) is 0 Å². The molecule has 0 radical (unpaired) electrons. The molecule has 0 spiro atoms. The maximum Gasteiger partial charge on any atom is 0.190 e. The van der Waals surface area contributed by atoms with Crippen molar-refractivity contribution in [3.8, 4) is 17.0 Å². The van der Waals surface area contributed by atoms with E-state index in [2.05, 4.69) is 38.0 Å². The molecule has 1 saturated heterocycles. The Kier molecular flexibility index (Phi) is 5.76. The van der Waals surface area contributed by atoms with Crippen LogP contribution in [0.25, 0.3) is 11.3 Å². The van der Waals surface area contributed by atoms with Gasteiger partial charge in [0.1, 0.15) is 5.75 Å². The third-order valence-electron chi connectivity index (χ3n) is 4.64. The first-order chi connectivity index (χ1) is 13.2. The Balaban J connectivity index is 1.79. The highest BCUT2D eigenvalue weighted by molar-refractivity contribution is 9.10. The lowest BCUT2D eigenvalue weighted by Gasteiger charge is -2.14. The van der Waals surface area contributed by atoms with Gasteiger partial charge in [-0.05, 0) is 59.1 Å². The molecule has 1 aliphatic heterocycles. The van der Waals surface area contributed by atoms with E-state index in [0.29, 0.717) is 0 Å². The van der Waals surface area contributed by atoms with Crippen LogP contribution in [0.2, 0.25) is 0 Å². The quantitative estimate of drug-likeness (QED) is 0.527. The number of rotatable bonds is 5. The number of methoxy groups -OCH3 is 1. The van der Waals surface area contributed by atoms with Crippen LogP contribution >= 0.6 is 27.3 Å². The highest BCUT2D eigenvalue weighted by Crippen LogP contribution is 2.31. The molecule has 0 unspecified atom stereocenters. The highest BCUT2D eigenvalue weighted by Gasteiger charge is 2.19. The smallest absolute Gasteiger partial charge is 0.190 e. The average Bonchev–Trinajstić information content (AvgIpc) is 3.34. The fourth-order valence-corrected chi connectivity index (χ4v) is 4.74. The van der Waals surface area contributed by atoms with Gasteiger partial charge in [-0.3, -0.25) is 0 Å². The number of thiazole rings is 1. The minimum Gasteiger partial charge on any atom is -0.496 e. The zero-order valence-electron chi connectivity index (χ0n) is 15.1. The van der Waals surface area contributed by atoms with E-state index < -0.39 is 0 Å². The second-order valence-electron chi connectivity index (χ2n) is 6.45. The monoisotopic (exact) mass is 444 g/mol. The van der Waals surface area contributed by atoms with Crippen LogP contribution in [-0.4, -0.2) is 24.4 Å². The molecule has 0 aliphatic carbocycles. The van der Waals surface area contributed by atoms with Crippen molar-refractivity contribution in [3.63, 3.8) is 0 Å². The van der Waals surface area contributed by atoms with Crippen molar-refractivity contribution in [3.05, 3.63) is 63.2 Å². The second-order valence-corrected chi connectivity index (χ2v) is 8.14. The molecule has 1 atom stereocenters. The van der Waals surface area contributed by atoms with E-state index in [0.717, 1.165) is 58.0 Å². The molecule has 2 heterocycles. The summed E-state index contributed by atoms with van der Waals surface area (Å²) in [6.45, 7) is 1.66. The van der Waals surface area contributed by atoms with Crippen molar-refractivity contribution in [2.24, 2.45) is 4.99 Å². The van der Waals surface area contributed by atoms with E-state index in [1.807, 2.05) is 36.4 Å². The van der Waals surface area contributed by atoms with Gasteiger partial charge in [-0.15, -0.1) is 11.3 Å². The fourth-order valence-electron chi connectivity index (χ4n) is 3.26. The number of halogens is 1. The molecule has 0 amide bonds. The summed E-state index contributed by atoms with van der Waals surface area (Å²) < 4.78 is 14.5. The maximum absolute atomic E-state index is 5.90. The molecule has 27 heavy (non-hydrogen) atoms. The Morgan fingerprint density at radius 2 is 2.11 bits per heavy atom. The van der Waals surface area contributed by atoms with E-state index >= 15 is 0 Å². The summed E-state index contributed by atoms with van der Waals surface area (Å²) >= 11 is 5.26. The van der Waals surface area contributed by atoms with Crippen LogP contribution in [0.4, 0.5) is 5.69 Å². The number of ether oxygens (including phenoxy) is 2. The van der Waals surface area contributed by atoms with Crippen LogP contribution in [-0.2, 0) is 11.3 Å². The van der Waals surface area contributed by atoms with E-state index in [4.69, 9.17) is 14.5 Å². The Hall–Kier alpha value is -1.89. The summed E-state index contributed by atoms with van der Waals surface area (Å²) in [5.41, 5.74) is 3.24. The first-order valence-corrected chi connectivity index (χ1v) is 10.7. The Morgan fingerprint density at radius 1 is 1.26 bits per heavy atom. The molecule has 2 aromatic carbocycles. The van der Waals surface area contributed by atoms with E-state index in [9.17, 15) is 0 Å². The summed E-state index contributed by atoms with van der Waals surface area (Å²) in [5, 5.41) is 2.17. The first kappa shape index (κ1) is 18.5. The lowest BCUT2D eigenvalue weighted by Crippen LogP contribution is -2.24. The Bertz CT molecular complexity index is 975. The molecular formula is C21H21BrN2O2S. The number of benzene rings is 2. The van der Waals surface area contributed by atoms with Crippen molar-refractivity contribution in [2.75, 3.05) is 13.7 Å². The van der Waals surface area contributed by atoms with Gasteiger partial charge in [0.05, 0.1) is 35.6 Å². The third-order valence-corrected chi connectivity index (χ3v) is 6.12. The van der Waals surface area contributed by atoms with Gasteiger partial charge in [0.15, 0.2) is 4.80 Å². The number of aromatic nitrogens is 1. The van der Waals surface area contributed by atoms with Gasteiger partial charge in [0.25, 0.3) is 0 Å². The maximum atomic E-state index is 5.90. The number of nitrogens with zero attached hydrogens (tertiary/aromatic N) is 2. The van der Waals surface area contributed by atoms with Crippen LogP contribution < -0.4 is 9.54 Å². The normalized spacial score (nSPS) is 17.4. The largest absolute Gasteiger partial charge is 0.496 e. The van der Waals surface area contributed by atoms with Gasteiger partial charge < -0.3 is 14.0 Å². The molecular weight excluding hydrogens is 424 g/mol. The molecule has 0 bridgehead atoms. The molecule has 4 rings (SSSR count). The summed E-state index contributed by atoms with van der Waals surface area (Å²) in [4.78, 5) is 5.86. The third kappa shape index (κ3) is 4.18. The Morgan fingerprint density at radius 3 is 2.81 bits per heavy atom. The van der Waals surface area contributed by atoms with E-state index in [1.54, 1.807) is 18.4 Å². The zero-order chi connectivity index (χ0) is 18.6. The summed E-state index contributed by atoms with van der Waals surface area (Å²) in [7, 11) is 1.68. The number of hydrogen-bond acceptors (Lipinski definition) is 4. The predicted octanol–water partition coefficient (Wildman–Crippen LogP) is 5.40. The number of para-hydroxylation sites is 1. The van der Waals surface area contributed by atoms with Gasteiger partial charge >= 0.3 is 0 Å². The molecule has 1 aromatic heterocycles. The zero-order valence-corrected chi connectivity index (χ0v) is 17.5. The van der Waals surface area contributed by atoms with Crippen LogP contribution in [0.5, 0.6) is 5.75 Å². The van der Waals surface area contributed by atoms with Crippen LogP contribution in [0, 0.1) is 0 Å². The van der Waals surface area contributed by atoms with Gasteiger partial charge in [-0.1, -0.05) is 18.2 Å². The first-order valence-electron chi connectivity index (χ1n) is 8.98. The minimum atomic E-state index is 0.245.